The van der Waals surface area contributed by atoms with E-state index in [0.717, 1.165) is 22.5 Å². The Morgan fingerprint density at radius 2 is 1.67 bits per heavy atom. The topological polar surface area (TPSA) is 56.7 Å². The molecule has 2 aromatic heterocycles. The molecule has 27 heavy (non-hydrogen) atoms. The predicted octanol–water partition coefficient (Wildman–Crippen LogP) is 5.06. The predicted molar refractivity (Wildman–Crippen MR) is 101 cm³/mol. The van der Waals surface area contributed by atoms with Crippen molar-refractivity contribution in [1.82, 2.24) is 19.9 Å². The van der Waals surface area contributed by atoms with E-state index in [9.17, 15) is 4.39 Å². The molecule has 0 saturated carbocycles. The van der Waals surface area contributed by atoms with Crippen molar-refractivity contribution in [2.24, 2.45) is 0 Å². The summed E-state index contributed by atoms with van der Waals surface area (Å²) < 4.78 is 20.3. The smallest absolute Gasteiger partial charge is 0.258 e. The fourth-order valence-electron chi connectivity index (χ4n) is 2.81. The minimum absolute atomic E-state index is 0.304. The maximum absolute atomic E-state index is 13.0. The van der Waals surface area contributed by atoms with E-state index in [1.54, 1.807) is 12.1 Å². The molecule has 0 aliphatic carbocycles. The third kappa shape index (κ3) is 3.48. The van der Waals surface area contributed by atoms with Gasteiger partial charge >= 0.3 is 0 Å². The molecule has 4 aromatic rings. The van der Waals surface area contributed by atoms with Crippen molar-refractivity contribution in [3.05, 3.63) is 76.3 Å². The number of nitrogens with zero attached hydrogens (tertiary/aromatic N) is 4. The van der Waals surface area contributed by atoms with Crippen LogP contribution >= 0.6 is 11.6 Å². The van der Waals surface area contributed by atoms with Crippen molar-refractivity contribution in [2.75, 3.05) is 0 Å². The lowest BCUT2D eigenvalue weighted by molar-refractivity contribution is 0.432. The summed E-state index contributed by atoms with van der Waals surface area (Å²) in [7, 11) is 0. The Labute approximate surface area is 160 Å². The van der Waals surface area contributed by atoms with E-state index in [1.807, 2.05) is 42.8 Å². The zero-order chi connectivity index (χ0) is 19.0. The maximum Gasteiger partial charge on any atom is 0.258 e. The number of benzene rings is 2. The van der Waals surface area contributed by atoms with E-state index in [-0.39, 0.29) is 5.82 Å². The Kier molecular flexibility index (Phi) is 4.49. The van der Waals surface area contributed by atoms with Crippen LogP contribution in [-0.4, -0.2) is 19.9 Å². The Morgan fingerprint density at radius 3 is 2.30 bits per heavy atom. The minimum Gasteiger partial charge on any atom is -0.334 e. The van der Waals surface area contributed by atoms with Crippen LogP contribution in [0.4, 0.5) is 4.39 Å². The Balaban J connectivity index is 1.54. The summed E-state index contributed by atoms with van der Waals surface area (Å²) in [6.45, 7) is 4.47. The molecule has 0 N–H and O–H groups in total. The normalized spacial score (nSPS) is 11.1. The molecule has 7 heteroatoms. The van der Waals surface area contributed by atoms with E-state index in [2.05, 4.69) is 15.2 Å². The summed E-state index contributed by atoms with van der Waals surface area (Å²) in [6, 6.07) is 13.8. The fourth-order valence-corrected chi connectivity index (χ4v) is 2.95. The van der Waals surface area contributed by atoms with Gasteiger partial charge in [-0.15, -0.1) is 0 Å². The highest BCUT2D eigenvalue weighted by molar-refractivity contribution is 6.31. The van der Waals surface area contributed by atoms with Gasteiger partial charge in [-0.2, -0.15) is 10.1 Å². The van der Waals surface area contributed by atoms with Gasteiger partial charge in [-0.05, 0) is 55.8 Å². The van der Waals surface area contributed by atoms with E-state index in [1.165, 1.54) is 12.1 Å². The summed E-state index contributed by atoms with van der Waals surface area (Å²) in [5.41, 5.74) is 4.36. The van der Waals surface area contributed by atoms with Crippen LogP contribution in [0.25, 0.3) is 22.8 Å². The van der Waals surface area contributed by atoms with Crippen molar-refractivity contribution < 1.29 is 8.91 Å². The van der Waals surface area contributed by atoms with Crippen LogP contribution in [0.1, 0.15) is 17.0 Å². The molecule has 0 bridgehead atoms. The van der Waals surface area contributed by atoms with Gasteiger partial charge in [0.2, 0.25) is 5.82 Å². The van der Waals surface area contributed by atoms with Crippen molar-refractivity contribution >= 4 is 11.6 Å². The molecule has 5 nitrogen and oxygen atoms in total. The van der Waals surface area contributed by atoms with E-state index in [0.29, 0.717) is 28.8 Å². The van der Waals surface area contributed by atoms with Crippen LogP contribution in [0.2, 0.25) is 5.02 Å². The second kappa shape index (κ2) is 6.96. The molecule has 0 radical (unpaired) electrons. The third-order valence-corrected chi connectivity index (χ3v) is 4.90. The number of hydrogen-bond acceptors (Lipinski definition) is 4. The average molecular weight is 383 g/mol. The van der Waals surface area contributed by atoms with Gasteiger partial charge in [-0.1, -0.05) is 28.9 Å². The highest BCUT2D eigenvalue weighted by atomic mass is 35.5. The molecule has 0 unspecified atom stereocenters. The molecule has 0 aliphatic heterocycles. The first-order valence-electron chi connectivity index (χ1n) is 8.40. The minimum atomic E-state index is -0.304. The van der Waals surface area contributed by atoms with E-state index < -0.39 is 0 Å². The number of rotatable bonds is 4. The summed E-state index contributed by atoms with van der Waals surface area (Å²) in [5.74, 6) is 0.531. The first-order chi connectivity index (χ1) is 13.0. The highest BCUT2D eigenvalue weighted by Crippen LogP contribution is 2.24. The Bertz CT molecular complexity index is 1080. The van der Waals surface area contributed by atoms with Crippen molar-refractivity contribution in [2.45, 2.75) is 20.4 Å². The van der Waals surface area contributed by atoms with E-state index >= 15 is 0 Å². The maximum atomic E-state index is 13.0. The molecule has 0 amide bonds. The second-order valence-corrected chi connectivity index (χ2v) is 6.65. The van der Waals surface area contributed by atoms with Crippen LogP contribution in [0, 0.1) is 19.7 Å². The lowest BCUT2D eigenvalue weighted by atomic mass is 10.1. The Morgan fingerprint density at radius 1 is 1.00 bits per heavy atom. The zero-order valence-corrected chi connectivity index (χ0v) is 15.5. The molecular formula is C20H16ClFN4O. The van der Waals surface area contributed by atoms with Gasteiger partial charge in [-0.3, -0.25) is 4.68 Å². The van der Waals surface area contributed by atoms with Crippen molar-refractivity contribution in [3.63, 3.8) is 0 Å². The summed E-state index contributed by atoms with van der Waals surface area (Å²) >= 11 is 6.20. The number of hydrogen-bond donors (Lipinski definition) is 0. The monoisotopic (exact) mass is 382 g/mol. The number of halogens is 2. The third-order valence-electron chi connectivity index (χ3n) is 4.35. The molecule has 4 rings (SSSR count). The fraction of sp³-hybridized carbons (Fsp3) is 0.150. The number of aromatic nitrogens is 4. The van der Waals surface area contributed by atoms with Crippen LogP contribution in [0.3, 0.4) is 0 Å². The van der Waals surface area contributed by atoms with E-state index in [4.69, 9.17) is 16.1 Å². The van der Waals surface area contributed by atoms with Crippen LogP contribution < -0.4 is 0 Å². The van der Waals surface area contributed by atoms with Gasteiger partial charge in [0.05, 0.1) is 23.0 Å². The zero-order valence-electron chi connectivity index (χ0n) is 14.8. The molecular weight excluding hydrogens is 367 g/mol. The second-order valence-electron chi connectivity index (χ2n) is 6.27. The lowest BCUT2D eigenvalue weighted by Crippen LogP contribution is -2.03. The van der Waals surface area contributed by atoms with Crippen LogP contribution in [-0.2, 0) is 6.54 Å². The Hall–Kier alpha value is -2.99. The number of aryl methyl sites for hydroxylation is 1. The van der Waals surface area contributed by atoms with Crippen molar-refractivity contribution in [1.29, 1.82) is 0 Å². The molecule has 0 saturated heterocycles. The molecule has 2 heterocycles. The van der Waals surface area contributed by atoms with Gasteiger partial charge in [0, 0.05) is 11.1 Å². The molecule has 0 fully saturated rings. The van der Waals surface area contributed by atoms with Gasteiger partial charge in [0.1, 0.15) is 5.82 Å². The molecule has 0 spiro atoms. The summed E-state index contributed by atoms with van der Waals surface area (Å²) in [5, 5.41) is 9.12. The van der Waals surface area contributed by atoms with Gasteiger partial charge in [0.25, 0.3) is 5.89 Å². The van der Waals surface area contributed by atoms with Crippen molar-refractivity contribution in [3.8, 4) is 22.8 Å². The van der Waals surface area contributed by atoms with Crippen LogP contribution in [0.15, 0.2) is 53.1 Å². The summed E-state index contributed by atoms with van der Waals surface area (Å²) in [6.07, 6.45) is 0. The van der Waals surface area contributed by atoms with Gasteiger partial charge in [-0.25, -0.2) is 4.39 Å². The molecule has 2 aromatic carbocycles. The molecule has 136 valence electrons. The molecule has 0 aliphatic rings. The largest absolute Gasteiger partial charge is 0.334 e. The summed E-state index contributed by atoms with van der Waals surface area (Å²) in [4.78, 5) is 4.39. The molecule has 0 atom stereocenters. The van der Waals surface area contributed by atoms with Gasteiger partial charge < -0.3 is 4.52 Å². The lowest BCUT2D eigenvalue weighted by Gasteiger charge is -2.05. The highest BCUT2D eigenvalue weighted by Gasteiger charge is 2.12. The standard InChI is InChI=1S/C20H16ClFN4O/c1-12-18(21)13(2)26(24-12)11-14-3-5-16(6-4-14)20-23-19(25-27-20)15-7-9-17(22)10-8-15/h3-10H,11H2,1-2H3. The average Bonchev–Trinajstić information content (AvgIpc) is 3.25. The van der Waals surface area contributed by atoms with Gasteiger partial charge in [0.15, 0.2) is 0 Å². The van der Waals surface area contributed by atoms with Crippen LogP contribution in [0.5, 0.6) is 0 Å². The SMILES string of the molecule is Cc1nn(Cc2ccc(-c3nc(-c4ccc(F)cc4)no3)cc2)c(C)c1Cl. The first kappa shape index (κ1) is 17.4. The first-order valence-corrected chi connectivity index (χ1v) is 8.77. The quantitative estimate of drug-likeness (QED) is 0.495.